The number of hydrogen-bond acceptors (Lipinski definition) is 6. The standard InChI is InChI=1S/C30H35N3O6S/c1-4-14-32(2)40(37,38)31-29(34)20-10-12-25-26(17-20)33-18-22(30(35)36)15-21-16-23(39-3)11-13-24(21)28(33)27(25)19-8-6-5-7-9-19/h4,10-13,15-17,19,30,35-36H,1,5-9,14,18H2,2-3H3,(H,31,34). The van der Waals surface area contributed by atoms with Crippen molar-refractivity contribution in [2.45, 2.75) is 50.9 Å². The fraction of sp³-hybridized carbons (Fsp3) is 0.367. The molecular formula is C30H35N3O6S. The zero-order valence-corrected chi connectivity index (χ0v) is 23.6. The summed E-state index contributed by atoms with van der Waals surface area (Å²) in [6.07, 6.45) is 7.06. The molecule has 10 heteroatoms. The summed E-state index contributed by atoms with van der Waals surface area (Å²) in [5.74, 6) is 0.215. The molecule has 1 aliphatic heterocycles. The number of amides is 1. The number of nitrogens with zero attached hydrogens (tertiary/aromatic N) is 2. The summed E-state index contributed by atoms with van der Waals surface area (Å²) in [5.41, 5.74) is 5.21. The molecule has 1 saturated carbocycles. The summed E-state index contributed by atoms with van der Waals surface area (Å²) in [6.45, 7) is 3.80. The van der Waals surface area contributed by atoms with Gasteiger partial charge in [-0.05, 0) is 66.3 Å². The van der Waals surface area contributed by atoms with Crippen LogP contribution in [-0.4, -0.2) is 60.4 Å². The highest BCUT2D eigenvalue weighted by Gasteiger charge is 2.31. The number of benzene rings is 2. The third-order valence-corrected chi connectivity index (χ3v) is 9.34. The molecule has 2 aliphatic rings. The molecule has 1 aliphatic carbocycles. The first-order valence-electron chi connectivity index (χ1n) is 13.4. The molecule has 1 fully saturated rings. The van der Waals surface area contributed by atoms with Gasteiger partial charge in [-0.1, -0.05) is 31.4 Å². The van der Waals surface area contributed by atoms with Gasteiger partial charge in [-0.15, -0.1) is 6.58 Å². The van der Waals surface area contributed by atoms with Crippen LogP contribution in [0.15, 0.2) is 54.6 Å². The second kappa shape index (κ2) is 11.2. The highest BCUT2D eigenvalue weighted by atomic mass is 32.2. The Bertz CT molecular complexity index is 1600. The van der Waals surface area contributed by atoms with Crippen molar-refractivity contribution in [3.8, 4) is 17.0 Å². The van der Waals surface area contributed by atoms with Gasteiger partial charge >= 0.3 is 10.2 Å². The van der Waals surface area contributed by atoms with Gasteiger partial charge in [0.15, 0.2) is 6.29 Å². The predicted octanol–water partition coefficient (Wildman–Crippen LogP) is 4.16. The Kier molecular flexibility index (Phi) is 7.87. The molecule has 0 unspecified atom stereocenters. The monoisotopic (exact) mass is 565 g/mol. The molecule has 0 spiro atoms. The number of hydrogen-bond donors (Lipinski definition) is 3. The fourth-order valence-corrected chi connectivity index (χ4v) is 6.71. The van der Waals surface area contributed by atoms with Crippen LogP contribution < -0.4 is 9.46 Å². The van der Waals surface area contributed by atoms with Gasteiger partial charge < -0.3 is 19.5 Å². The first kappa shape index (κ1) is 28.1. The SMILES string of the molecule is C=CCN(C)S(=O)(=O)NC(=O)c1ccc2c(C3CCCCC3)c3n(c2c1)CC(C(O)O)=Cc1cc(OC)ccc1-3. The van der Waals surface area contributed by atoms with Crippen LogP contribution in [-0.2, 0) is 16.8 Å². The van der Waals surface area contributed by atoms with Crippen molar-refractivity contribution in [1.82, 2.24) is 13.6 Å². The van der Waals surface area contributed by atoms with Crippen LogP contribution in [0, 0.1) is 0 Å². The summed E-state index contributed by atoms with van der Waals surface area (Å²) >= 11 is 0. The lowest BCUT2D eigenvalue weighted by atomic mass is 9.81. The Morgan fingerprint density at radius 3 is 2.62 bits per heavy atom. The fourth-order valence-electron chi connectivity index (χ4n) is 5.90. The molecule has 2 heterocycles. The van der Waals surface area contributed by atoms with Gasteiger partial charge in [-0.2, -0.15) is 12.7 Å². The maximum atomic E-state index is 13.1. The number of carbonyl (C=O) groups excluding carboxylic acids is 1. The molecule has 0 atom stereocenters. The van der Waals surface area contributed by atoms with Gasteiger partial charge in [0.25, 0.3) is 5.91 Å². The van der Waals surface area contributed by atoms with E-state index < -0.39 is 22.4 Å². The Morgan fingerprint density at radius 1 is 1.20 bits per heavy atom. The van der Waals surface area contributed by atoms with Crippen molar-refractivity contribution in [1.29, 1.82) is 0 Å². The number of methoxy groups -OCH3 is 1. The van der Waals surface area contributed by atoms with Crippen LogP contribution in [0.1, 0.15) is 59.5 Å². The zero-order valence-electron chi connectivity index (χ0n) is 22.8. The van der Waals surface area contributed by atoms with Crippen LogP contribution in [0.4, 0.5) is 0 Å². The molecule has 3 aromatic rings. The third-order valence-electron chi connectivity index (χ3n) is 7.92. The second-order valence-electron chi connectivity index (χ2n) is 10.5. The Hall–Kier alpha value is -3.44. The van der Waals surface area contributed by atoms with E-state index in [1.165, 1.54) is 25.1 Å². The summed E-state index contributed by atoms with van der Waals surface area (Å²) < 4.78 is 35.9. The quantitative estimate of drug-likeness (QED) is 0.279. The third kappa shape index (κ3) is 5.19. The maximum Gasteiger partial charge on any atom is 0.304 e. The average Bonchev–Trinajstić information content (AvgIpc) is 3.15. The Morgan fingerprint density at radius 2 is 1.95 bits per heavy atom. The van der Waals surface area contributed by atoms with Crippen LogP contribution in [0.25, 0.3) is 28.2 Å². The van der Waals surface area contributed by atoms with Crippen molar-refractivity contribution in [3.05, 3.63) is 71.3 Å². The van der Waals surface area contributed by atoms with Crippen molar-refractivity contribution >= 4 is 33.1 Å². The molecule has 5 rings (SSSR count). The second-order valence-corrected chi connectivity index (χ2v) is 12.2. The molecule has 1 amide bonds. The minimum absolute atomic E-state index is 0.0569. The van der Waals surface area contributed by atoms with Crippen molar-refractivity contribution < 1.29 is 28.2 Å². The van der Waals surface area contributed by atoms with Crippen molar-refractivity contribution in [2.75, 3.05) is 20.7 Å². The van der Waals surface area contributed by atoms with Gasteiger partial charge in [-0.3, -0.25) is 4.79 Å². The highest BCUT2D eigenvalue weighted by Crippen LogP contribution is 2.47. The average molecular weight is 566 g/mol. The van der Waals surface area contributed by atoms with E-state index in [1.54, 1.807) is 25.3 Å². The van der Waals surface area contributed by atoms with Crippen molar-refractivity contribution in [2.24, 2.45) is 0 Å². The number of aromatic nitrogens is 1. The molecule has 40 heavy (non-hydrogen) atoms. The number of ether oxygens (including phenoxy) is 1. The smallest absolute Gasteiger partial charge is 0.304 e. The maximum absolute atomic E-state index is 13.1. The van der Waals surface area contributed by atoms with E-state index in [2.05, 4.69) is 11.3 Å². The van der Waals surface area contributed by atoms with Gasteiger partial charge in [0.2, 0.25) is 0 Å². The minimum atomic E-state index is -4.06. The molecule has 0 radical (unpaired) electrons. The van der Waals surface area contributed by atoms with E-state index in [9.17, 15) is 23.4 Å². The molecule has 212 valence electrons. The molecule has 1 aromatic heterocycles. The van der Waals surface area contributed by atoms with E-state index >= 15 is 0 Å². The number of aliphatic hydroxyl groups excluding tert-OH is 1. The van der Waals surface area contributed by atoms with Crippen LogP contribution in [0.2, 0.25) is 0 Å². The van der Waals surface area contributed by atoms with Crippen molar-refractivity contribution in [3.63, 3.8) is 0 Å². The number of rotatable bonds is 8. The van der Waals surface area contributed by atoms with Crippen LogP contribution >= 0.6 is 0 Å². The van der Waals surface area contributed by atoms with Gasteiger partial charge in [-0.25, -0.2) is 4.72 Å². The topological polar surface area (TPSA) is 121 Å². The molecule has 2 aromatic carbocycles. The predicted molar refractivity (Wildman–Crippen MR) is 155 cm³/mol. The van der Waals surface area contributed by atoms with Crippen LogP contribution in [0.5, 0.6) is 5.75 Å². The lowest BCUT2D eigenvalue weighted by molar-refractivity contribution is -0.00993. The van der Waals surface area contributed by atoms with Gasteiger partial charge in [0, 0.05) is 47.7 Å². The number of carbonyl (C=O) groups is 1. The van der Waals surface area contributed by atoms with E-state index in [4.69, 9.17) is 4.74 Å². The zero-order chi connectivity index (χ0) is 28.6. The number of aliphatic hydroxyl groups is 2. The number of nitrogens with one attached hydrogen (secondary N) is 1. The molecular weight excluding hydrogens is 530 g/mol. The summed E-state index contributed by atoms with van der Waals surface area (Å²) in [4.78, 5) is 13.1. The number of likely N-dealkylation sites (N-methyl/N-ethyl adjacent to an activating group) is 1. The molecule has 0 saturated heterocycles. The van der Waals surface area contributed by atoms with Gasteiger partial charge in [0.05, 0.1) is 12.8 Å². The van der Waals surface area contributed by atoms with E-state index in [-0.39, 0.29) is 18.7 Å². The highest BCUT2D eigenvalue weighted by molar-refractivity contribution is 7.87. The van der Waals surface area contributed by atoms with Gasteiger partial charge in [0.1, 0.15) is 5.75 Å². The normalized spacial score (nSPS) is 15.9. The Labute approximate surface area is 234 Å². The van der Waals surface area contributed by atoms with E-state index in [1.807, 2.05) is 28.8 Å². The lowest BCUT2D eigenvalue weighted by Gasteiger charge is -2.24. The summed E-state index contributed by atoms with van der Waals surface area (Å²) in [6, 6.07) is 11.0. The first-order valence-corrected chi connectivity index (χ1v) is 14.9. The van der Waals surface area contributed by atoms with E-state index in [0.717, 1.165) is 57.7 Å². The molecule has 3 N–H and O–H groups in total. The minimum Gasteiger partial charge on any atom is -0.497 e. The largest absolute Gasteiger partial charge is 0.497 e. The molecule has 0 bridgehead atoms. The Balaban J connectivity index is 1.71. The summed E-state index contributed by atoms with van der Waals surface area (Å²) in [5, 5.41) is 21.5. The first-order chi connectivity index (χ1) is 19.1. The van der Waals surface area contributed by atoms with E-state index in [0.29, 0.717) is 17.2 Å². The number of fused-ring (bicyclic) bond motifs is 5. The lowest BCUT2D eigenvalue weighted by Crippen LogP contribution is -2.41. The summed E-state index contributed by atoms with van der Waals surface area (Å²) in [7, 11) is -1.10. The van der Waals surface area contributed by atoms with Crippen LogP contribution in [0.3, 0.4) is 0 Å². The molecule has 9 nitrogen and oxygen atoms in total.